The molecule has 1 fully saturated rings. The van der Waals surface area contributed by atoms with Crippen molar-refractivity contribution in [3.8, 4) is 0 Å². The number of carbonyl (C=O) groups is 2. The maximum Gasteiger partial charge on any atom is 0.328 e. The van der Waals surface area contributed by atoms with Gasteiger partial charge in [0.25, 0.3) is 5.91 Å². The monoisotopic (exact) mass is 387 g/mol. The van der Waals surface area contributed by atoms with Gasteiger partial charge in [-0.3, -0.25) is 4.79 Å². The van der Waals surface area contributed by atoms with E-state index in [9.17, 15) is 22.4 Å². The predicted octanol–water partition coefficient (Wildman–Crippen LogP) is 0.690. The van der Waals surface area contributed by atoms with Crippen LogP contribution in [0.25, 0.3) is 0 Å². The van der Waals surface area contributed by atoms with Crippen molar-refractivity contribution in [2.45, 2.75) is 23.8 Å². The van der Waals surface area contributed by atoms with E-state index in [4.69, 9.17) is 5.11 Å². The number of carboxylic acids is 1. The average molecular weight is 387 g/mol. The second-order valence-corrected chi connectivity index (χ2v) is 8.33. The van der Waals surface area contributed by atoms with Crippen LogP contribution in [0.2, 0.25) is 0 Å². The van der Waals surface area contributed by atoms with Crippen LogP contribution in [0.15, 0.2) is 23.1 Å². The van der Waals surface area contributed by atoms with Gasteiger partial charge in [0.1, 0.15) is 6.67 Å². The first kappa shape index (κ1) is 20.1. The first-order chi connectivity index (χ1) is 12.2. The lowest BCUT2D eigenvalue weighted by atomic mass is 10.1. The number of benzene rings is 1. The molecule has 0 aromatic heterocycles. The Kier molecular flexibility index (Phi) is 6.19. The van der Waals surface area contributed by atoms with Crippen molar-refractivity contribution < 1.29 is 27.5 Å². The van der Waals surface area contributed by atoms with Gasteiger partial charge in [0.05, 0.1) is 10.5 Å². The van der Waals surface area contributed by atoms with Crippen molar-refractivity contribution in [3.63, 3.8) is 0 Å². The molecule has 1 aromatic rings. The van der Waals surface area contributed by atoms with E-state index in [-0.39, 0.29) is 10.5 Å². The van der Waals surface area contributed by atoms with Crippen molar-refractivity contribution >= 4 is 27.6 Å². The number of alkyl halides is 1. The van der Waals surface area contributed by atoms with Crippen LogP contribution in [-0.2, 0) is 14.8 Å². The fourth-order valence-corrected chi connectivity index (χ4v) is 3.63. The zero-order chi connectivity index (χ0) is 19.5. The smallest absolute Gasteiger partial charge is 0.328 e. The Hall–Kier alpha value is -2.20. The SMILES string of the molecule is CN(C)S(=O)(=O)c1ccc(N2CCCC2)c(C(=O)NC(CF)C(=O)O)c1. The van der Waals surface area contributed by atoms with Crippen molar-refractivity contribution in [3.05, 3.63) is 23.8 Å². The summed E-state index contributed by atoms with van der Waals surface area (Å²) in [6, 6.07) is 2.45. The van der Waals surface area contributed by atoms with Crippen LogP contribution in [0.4, 0.5) is 10.1 Å². The van der Waals surface area contributed by atoms with E-state index in [0.29, 0.717) is 18.8 Å². The Morgan fingerprint density at radius 1 is 1.31 bits per heavy atom. The van der Waals surface area contributed by atoms with Crippen LogP contribution in [0, 0.1) is 0 Å². The van der Waals surface area contributed by atoms with E-state index in [1.807, 2.05) is 4.90 Å². The maximum absolute atomic E-state index is 12.9. The fourth-order valence-electron chi connectivity index (χ4n) is 2.70. The highest BCUT2D eigenvalue weighted by Crippen LogP contribution is 2.28. The summed E-state index contributed by atoms with van der Waals surface area (Å²) >= 11 is 0. The standard InChI is InChI=1S/C16H22FN3O5S/c1-19(2)26(24,25)11-5-6-14(20-7-3-4-8-20)12(9-11)15(21)18-13(10-17)16(22)23/h5-6,9,13H,3-4,7-8,10H2,1-2H3,(H,18,21)(H,22,23). The van der Waals surface area contributed by atoms with Crippen molar-refractivity contribution in [2.75, 3.05) is 38.8 Å². The summed E-state index contributed by atoms with van der Waals surface area (Å²) < 4.78 is 38.6. The molecule has 1 amide bonds. The third-order valence-electron chi connectivity index (χ3n) is 4.20. The lowest BCUT2D eigenvalue weighted by molar-refractivity contribution is -0.139. The van der Waals surface area contributed by atoms with Crippen LogP contribution in [-0.4, -0.2) is 69.6 Å². The highest BCUT2D eigenvalue weighted by Gasteiger charge is 2.27. The van der Waals surface area contributed by atoms with Gasteiger partial charge in [0.2, 0.25) is 10.0 Å². The Bertz CT molecular complexity index is 791. The van der Waals surface area contributed by atoms with Gasteiger partial charge in [-0.25, -0.2) is 21.9 Å². The number of rotatable bonds is 7. The fraction of sp³-hybridized carbons (Fsp3) is 0.500. The Morgan fingerprint density at radius 3 is 2.42 bits per heavy atom. The molecule has 1 aromatic carbocycles. The van der Waals surface area contributed by atoms with Gasteiger partial charge in [-0.2, -0.15) is 0 Å². The van der Waals surface area contributed by atoms with Gasteiger partial charge < -0.3 is 15.3 Å². The number of sulfonamides is 1. The largest absolute Gasteiger partial charge is 0.480 e. The number of nitrogens with one attached hydrogen (secondary N) is 1. The van der Waals surface area contributed by atoms with Gasteiger partial charge in [-0.1, -0.05) is 0 Å². The van der Waals surface area contributed by atoms with Crippen molar-refractivity contribution in [2.24, 2.45) is 0 Å². The lowest BCUT2D eigenvalue weighted by Gasteiger charge is -2.23. The molecule has 1 saturated heterocycles. The number of amides is 1. The molecule has 0 radical (unpaired) electrons. The highest BCUT2D eigenvalue weighted by molar-refractivity contribution is 7.89. The number of carbonyl (C=O) groups excluding carboxylic acids is 1. The second kappa shape index (κ2) is 8.00. The summed E-state index contributed by atoms with van der Waals surface area (Å²) in [6.45, 7) is 0.132. The number of hydrogen-bond acceptors (Lipinski definition) is 5. The molecule has 1 heterocycles. The number of hydrogen-bond donors (Lipinski definition) is 2. The molecule has 2 N–H and O–H groups in total. The summed E-state index contributed by atoms with van der Waals surface area (Å²) in [4.78, 5) is 25.4. The first-order valence-corrected chi connectivity index (χ1v) is 9.53. The van der Waals surface area contributed by atoms with Crippen molar-refractivity contribution in [1.82, 2.24) is 9.62 Å². The van der Waals surface area contributed by atoms with E-state index < -0.39 is 34.6 Å². The summed E-state index contributed by atoms with van der Waals surface area (Å²) in [5.74, 6) is -2.33. The van der Waals surface area contributed by atoms with E-state index in [0.717, 1.165) is 17.1 Å². The van der Waals surface area contributed by atoms with Crippen LogP contribution >= 0.6 is 0 Å². The van der Waals surface area contributed by atoms with E-state index in [1.165, 1.54) is 32.3 Å². The van der Waals surface area contributed by atoms with Crippen LogP contribution < -0.4 is 10.2 Å². The number of anilines is 1. The molecule has 26 heavy (non-hydrogen) atoms. The minimum absolute atomic E-state index is 0.00882. The summed E-state index contributed by atoms with van der Waals surface area (Å²) in [5, 5.41) is 11.0. The van der Waals surface area contributed by atoms with E-state index in [2.05, 4.69) is 5.32 Å². The summed E-state index contributed by atoms with van der Waals surface area (Å²) in [6.07, 6.45) is 1.86. The van der Waals surface area contributed by atoms with E-state index in [1.54, 1.807) is 0 Å². The molecule has 1 atom stereocenters. The zero-order valence-electron chi connectivity index (χ0n) is 14.6. The quantitative estimate of drug-likeness (QED) is 0.713. The molecule has 0 bridgehead atoms. The maximum atomic E-state index is 12.9. The van der Waals surface area contributed by atoms with Gasteiger partial charge in [-0.15, -0.1) is 0 Å². The molecule has 2 rings (SSSR count). The Morgan fingerprint density at radius 2 is 1.92 bits per heavy atom. The molecular formula is C16H22FN3O5S. The van der Waals surface area contributed by atoms with Gasteiger partial charge >= 0.3 is 5.97 Å². The third kappa shape index (κ3) is 4.13. The Balaban J connectivity index is 2.47. The molecule has 0 saturated carbocycles. The number of nitrogens with zero attached hydrogens (tertiary/aromatic N) is 2. The minimum Gasteiger partial charge on any atom is -0.480 e. The molecule has 1 aliphatic heterocycles. The zero-order valence-corrected chi connectivity index (χ0v) is 15.4. The summed E-state index contributed by atoms with van der Waals surface area (Å²) in [7, 11) is -1.04. The van der Waals surface area contributed by atoms with Gasteiger partial charge in [-0.05, 0) is 31.0 Å². The minimum atomic E-state index is -3.78. The normalized spacial score (nSPS) is 15.9. The van der Waals surface area contributed by atoms with Crippen molar-refractivity contribution in [1.29, 1.82) is 0 Å². The number of halogens is 1. The van der Waals surface area contributed by atoms with Gasteiger partial charge in [0.15, 0.2) is 6.04 Å². The molecule has 10 heteroatoms. The predicted molar refractivity (Wildman–Crippen MR) is 93.6 cm³/mol. The third-order valence-corrected chi connectivity index (χ3v) is 6.01. The van der Waals surface area contributed by atoms with Crippen LogP contribution in [0.3, 0.4) is 0 Å². The molecule has 8 nitrogen and oxygen atoms in total. The highest BCUT2D eigenvalue weighted by atomic mass is 32.2. The second-order valence-electron chi connectivity index (χ2n) is 6.18. The molecule has 1 aliphatic rings. The number of carboxylic acid groups (broad SMARTS) is 1. The van der Waals surface area contributed by atoms with Crippen LogP contribution in [0.1, 0.15) is 23.2 Å². The van der Waals surface area contributed by atoms with Gasteiger partial charge in [0, 0.05) is 32.9 Å². The van der Waals surface area contributed by atoms with Crippen LogP contribution in [0.5, 0.6) is 0 Å². The molecule has 1 unspecified atom stereocenters. The average Bonchev–Trinajstić information content (AvgIpc) is 3.12. The molecule has 144 valence electrons. The number of aliphatic carboxylic acids is 1. The molecule has 0 spiro atoms. The summed E-state index contributed by atoms with van der Waals surface area (Å²) in [5.41, 5.74) is 0.509. The molecule has 0 aliphatic carbocycles. The first-order valence-electron chi connectivity index (χ1n) is 8.09. The molecular weight excluding hydrogens is 365 g/mol. The lowest BCUT2D eigenvalue weighted by Crippen LogP contribution is -2.42. The van der Waals surface area contributed by atoms with E-state index >= 15 is 0 Å². The topological polar surface area (TPSA) is 107 Å². The Labute approximate surface area is 151 Å².